The van der Waals surface area contributed by atoms with Crippen LogP contribution >= 0.6 is 0 Å². The molecule has 0 radical (unpaired) electrons. The molecule has 9 rings (SSSR count). The number of carboxylic acids is 4. The number of aromatic amines is 4. The van der Waals surface area contributed by atoms with E-state index in [9.17, 15) is 39.6 Å². The summed E-state index contributed by atoms with van der Waals surface area (Å²) in [5.74, 6) is -4.39. The van der Waals surface area contributed by atoms with Crippen molar-refractivity contribution in [3.8, 4) is 0 Å². The first-order valence-electron chi connectivity index (χ1n) is 21.1. The highest BCUT2D eigenvalue weighted by Gasteiger charge is 2.23. The number of carbonyl (C=O) groups is 4. The Labute approximate surface area is 387 Å². The summed E-state index contributed by atoms with van der Waals surface area (Å²) in [7, 11) is 0. The first kappa shape index (κ1) is 43.6. The van der Waals surface area contributed by atoms with E-state index >= 15 is 0 Å². The van der Waals surface area contributed by atoms with Gasteiger partial charge in [0.2, 0.25) is 0 Å². The average Bonchev–Trinajstić information content (AvgIpc) is 4.20. The number of rotatable bonds is 12. The molecule has 4 aromatic heterocycles. The van der Waals surface area contributed by atoms with E-state index in [1.807, 2.05) is 48.5 Å². The molecule has 0 aliphatic carbocycles. The lowest BCUT2D eigenvalue weighted by Gasteiger charge is -2.14. The zero-order chi connectivity index (χ0) is 48.0. The van der Waals surface area contributed by atoms with E-state index in [0.29, 0.717) is 111 Å². The third-order valence-electron chi connectivity index (χ3n) is 12.0. The minimum Gasteiger partial charge on any atom is -0.478 e. The molecule has 5 heterocycles. The molecule has 12 heteroatoms. The summed E-state index contributed by atoms with van der Waals surface area (Å²) >= 11 is 0. The third-order valence-corrected chi connectivity index (χ3v) is 12.0. The van der Waals surface area contributed by atoms with Gasteiger partial charge in [-0.1, -0.05) is 74.9 Å². The van der Waals surface area contributed by atoms with Crippen LogP contribution in [0.1, 0.15) is 109 Å². The molecule has 68 heavy (non-hydrogen) atoms. The van der Waals surface area contributed by atoms with Crippen molar-refractivity contribution in [2.24, 2.45) is 0 Å². The molecule has 0 spiro atoms. The van der Waals surface area contributed by atoms with Gasteiger partial charge in [0.05, 0.1) is 22.3 Å². The number of aromatic carboxylic acids is 4. The Morgan fingerprint density at radius 2 is 0.544 bits per heavy atom. The summed E-state index contributed by atoms with van der Waals surface area (Å²) in [6.45, 7) is 16.2. The third kappa shape index (κ3) is 7.63. The largest absolute Gasteiger partial charge is 0.478 e. The summed E-state index contributed by atoms with van der Waals surface area (Å²) in [6.07, 6.45) is 6.39. The van der Waals surface area contributed by atoms with E-state index < -0.39 is 23.9 Å². The number of hydrogen-bond donors (Lipinski definition) is 8. The maximum atomic E-state index is 12.2. The second kappa shape index (κ2) is 17.4. The second-order valence-corrected chi connectivity index (χ2v) is 15.9. The predicted octanol–water partition coefficient (Wildman–Crippen LogP) is 7.67. The van der Waals surface area contributed by atoms with Crippen LogP contribution < -0.4 is 21.4 Å². The van der Waals surface area contributed by atoms with Crippen LogP contribution in [0.2, 0.25) is 0 Å². The van der Waals surface area contributed by atoms with E-state index in [1.54, 1.807) is 72.8 Å². The predicted molar refractivity (Wildman–Crippen MR) is 262 cm³/mol. The number of aromatic nitrogens is 4. The van der Waals surface area contributed by atoms with Gasteiger partial charge >= 0.3 is 23.9 Å². The molecule has 0 unspecified atom stereocenters. The van der Waals surface area contributed by atoms with E-state index in [0.717, 1.165) is 0 Å². The molecular weight excluding hydrogens is 857 g/mol. The molecule has 0 fully saturated rings. The number of H-pyrrole nitrogens is 4. The van der Waals surface area contributed by atoms with Crippen molar-refractivity contribution in [2.75, 3.05) is 0 Å². The monoisotopic (exact) mass is 896 g/mol. The maximum Gasteiger partial charge on any atom is 0.335 e. The van der Waals surface area contributed by atoms with Crippen molar-refractivity contribution in [3.05, 3.63) is 259 Å². The summed E-state index contributed by atoms with van der Waals surface area (Å²) in [4.78, 5) is 63.4. The van der Waals surface area contributed by atoms with Gasteiger partial charge in [-0.2, -0.15) is 0 Å². The molecule has 0 saturated heterocycles. The molecule has 332 valence electrons. The molecule has 8 aromatic rings. The van der Waals surface area contributed by atoms with Crippen molar-refractivity contribution in [2.45, 2.75) is 0 Å². The molecule has 0 atom stereocenters. The van der Waals surface area contributed by atoms with Crippen molar-refractivity contribution in [1.29, 1.82) is 0 Å². The van der Waals surface area contributed by atoms with Gasteiger partial charge in [0.1, 0.15) is 0 Å². The van der Waals surface area contributed by atoms with Crippen LogP contribution in [0.4, 0.5) is 0 Å². The van der Waals surface area contributed by atoms with Crippen LogP contribution in [0.3, 0.4) is 0 Å². The molecule has 8 bridgehead atoms. The maximum absolute atomic E-state index is 12.2. The van der Waals surface area contributed by atoms with E-state index in [2.05, 4.69) is 46.3 Å². The smallest absolute Gasteiger partial charge is 0.335 e. The van der Waals surface area contributed by atoms with Crippen molar-refractivity contribution in [3.63, 3.8) is 0 Å². The van der Waals surface area contributed by atoms with Crippen molar-refractivity contribution >= 4 is 70.5 Å². The summed E-state index contributed by atoms with van der Waals surface area (Å²) in [5, 5.41) is 42.4. The van der Waals surface area contributed by atoms with Crippen LogP contribution in [-0.4, -0.2) is 64.2 Å². The fourth-order valence-corrected chi connectivity index (χ4v) is 8.86. The van der Waals surface area contributed by atoms with E-state index in [-0.39, 0.29) is 22.3 Å². The fraction of sp³-hybridized carbons (Fsp3) is 0. The lowest BCUT2D eigenvalue weighted by Crippen LogP contribution is -2.20. The lowest BCUT2D eigenvalue weighted by molar-refractivity contribution is 0.0686. The first-order chi connectivity index (χ1) is 32.8. The molecule has 1 aliphatic rings. The topological polar surface area (TPSA) is 212 Å². The zero-order valence-electron chi connectivity index (χ0n) is 36.1. The fourth-order valence-electron chi connectivity index (χ4n) is 8.86. The highest BCUT2D eigenvalue weighted by molar-refractivity contribution is 5.95. The number of carboxylic acid groups (broad SMARTS) is 4. The summed E-state index contributed by atoms with van der Waals surface area (Å²) < 4.78 is 0. The Morgan fingerprint density at radius 1 is 0.324 bits per heavy atom. The average molecular weight is 897 g/mol. The Hall–Kier alpha value is -9.68. The van der Waals surface area contributed by atoms with Gasteiger partial charge in [-0.15, -0.1) is 0 Å². The highest BCUT2D eigenvalue weighted by Crippen LogP contribution is 2.33. The van der Waals surface area contributed by atoms with Crippen LogP contribution in [0.15, 0.2) is 148 Å². The number of hydrogen-bond acceptors (Lipinski definition) is 4. The SMILES string of the molecule is C=Cc1cc(C(=O)O)ccc1C1=c2ccc([nH]2)=C(c2ccc(C(=O)O)cc2C=C)c2ccc([nH]2)C(c2ccc(C(=O)O)cc2C=C)=c2ccc([nH]2)=C(c2ccc(C(=O)O)cc2C=C)c2ccc1[nH]2. The number of nitrogens with one attached hydrogen (secondary N) is 4. The highest BCUT2D eigenvalue weighted by atomic mass is 16.4. The van der Waals surface area contributed by atoms with Gasteiger partial charge in [0, 0.05) is 66.5 Å². The van der Waals surface area contributed by atoms with Crippen LogP contribution in [-0.2, 0) is 0 Å². The van der Waals surface area contributed by atoms with Gasteiger partial charge in [0.15, 0.2) is 0 Å². The quantitative estimate of drug-likeness (QED) is 0.0608. The van der Waals surface area contributed by atoms with Gasteiger partial charge in [-0.25, -0.2) is 19.2 Å². The number of benzene rings is 4. The molecule has 1 aliphatic heterocycles. The first-order valence-corrected chi connectivity index (χ1v) is 21.1. The Kier molecular flexibility index (Phi) is 11.1. The molecule has 8 N–H and O–H groups in total. The van der Waals surface area contributed by atoms with Gasteiger partial charge < -0.3 is 40.4 Å². The van der Waals surface area contributed by atoms with Crippen LogP contribution in [0, 0.1) is 0 Å². The molecule has 0 saturated carbocycles. The van der Waals surface area contributed by atoms with E-state index in [1.165, 1.54) is 24.3 Å². The Morgan fingerprint density at radius 3 is 0.735 bits per heavy atom. The molecule has 12 nitrogen and oxygen atoms in total. The van der Waals surface area contributed by atoms with Crippen LogP contribution in [0.25, 0.3) is 46.6 Å². The zero-order valence-corrected chi connectivity index (χ0v) is 36.1. The van der Waals surface area contributed by atoms with Crippen molar-refractivity contribution < 1.29 is 39.6 Å². The van der Waals surface area contributed by atoms with Gasteiger partial charge in [-0.05, 0) is 142 Å². The normalized spacial score (nSPS) is 12.1. The lowest BCUT2D eigenvalue weighted by atomic mass is 9.95. The summed E-state index contributed by atoms with van der Waals surface area (Å²) in [6, 6.07) is 34.5. The molecular formula is C56H40N4O8. The number of fused-ring (bicyclic) bond motifs is 8. The van der Waals surface area contributed by atoms with E-state index in [4.69, 9.17) is 0 Å². The van der Waals surface area contributed by atoms with Crippen molar-refractivity contribution in [1.82, 2.24) is 19.9 Å². The summed E-state index contributed by atoms with van der Waals surface area (Å²) in [5.41, 5.74) is 10.3. The molecule has 0 amide bonds. The Balaban J connectivity index is 1.48. The molecule has 4 aromatic carbocycles. The van der Waals surface area contributed by atoms with Crippen LogP contribution in [0.5, 0.6) is 0 Å². The standard InChI is InChI=1S/C56H40N4O8/c1-5-29-25-33(53(61)62)9-13-37(29)49-41-17-19-43(57-41)50(38-14-10-34(54(63)64)26-30(38)6-2)45-21-23-47(59-45)52(40-16-12-36(56(67)68)28-32(40)8-4)48-24-22-46(60-48)51(44-20-18-42(49)58-44)39-15-11-35(55(65)66)27-31(39)7-3/h5-28,57-60H,1-4H2,(H,61,62)(H,63,64)(H,65,66)(H,67,68). The minimum atomic E-state index is -1.10. The Bertz CT molecular complexity index is 3310. The van der Waals surface area contributed by atoms with Gasteiger partial charge in [-0.3, -0.25) is 0 Å². The second-order valence-electron chi connectivity index (χ2n) is 15.9. The van der Waals surface area contributed by atoms with Gasteiger partial charge in [0.25, 0.3) is 0 Å². The minimum absolute atomic E-state index is 0.0749.